The first-order valence-electron chi connectivity index (χ1n) is 7.45. The average molecular weight is 332 g/mol. The zero-order valence-electron chi connectivity index (χ0n) is 12.1. The molecule has 2 aliphatic rings. The van der Waals surface area contributed by atoms with E-state index in [9.17, 15) is 13.2 Å². The summed E-state index contributed by atoms with van der Waals surface area (Å²) >= 11 is 1.37. The van der Waals surface area contributed by atoms with E-state index in [0.29, 0.717) is 17.5 Å². The van der Waals surface area contributed by atoms with Gasteiger partial charge in [-0.25, -0.2) is 4.98 Å². The highest BCUT2D eigenvalue weighted by Gasteiger charge is 2.41. The topological polar surface area (TPSA) is 40.2 Å². The Balaban J connectivity index is 1.67. The molecular formula is C14H19F3N4S. The summed E-state index contributed by atoms with van der Waals surface area (Å²) in [6.07, 6.45) is 1.08. The molecule has 2 N–H and O–H groups in total. The lowest BCUT2D eigenvalue weighted by molar-refractivity contribution is -0.0963. The van der Waals surface area contributed by atoms with E-state index in [1.165, 1.54) is 17.5 Å². The first kappa shape index (κ1) is 15.6. The number of piperidine rings is 1. The van der Waals surface area contributed by atoms with Gasteiger partial charge in [0.25, 0.3) is 0 Å². The number of nitrogens with one attached hydrogen (secondary N) is 2. The van der Waals surface area contributed by atoms with Gasteiger partial charge in [0.15, 0.2) is 6.17 Å². The molecule has 0 amide bonds. The number of rotatable bonds is 4. The molecule has 1 saturated heterocycles. The standard InChI is InChI=1S/C14H19F3N4S/c15-14(16,17)11-9-21(7-3-10-1-4-18-5-2-10)12(20-11)13-19-6-8-22-13/h6,8-10,12,18,20H,1-5,7H2. The highest BCUT2D eigenvalue weighted by atomic mass is 32.1. The summed E-state index contributed by atoms with van der Waals surface area (Å²) in [4.78, 5) is 5.90. The lowest BCUT2D eigenvalue weighted by atomic mass is 9.94. The second-order valence-electron chi connectivity index (χ2n) is 5.68. The van der Waals surface area contributed by atoms with E-state index in [4.69, 9.17) is 0 Å². The number of hydrogen-bond acceptors (Lipinski definition) is 5. The molecule has 0 aromatic carbocycles. The van der Waals surface area contributed by atoms with Gasteiger partial charge in [0.05, 0.1) is 0 Å². The van der Waals surface area contributed by atoms with E-state index in [-0.39, 0.29) is 0 Å². The quantitative estimate of drug-likeness (QED) is 0.889. The maximum atomic E-state index is 13.0. The Morgan fingerprint density at radius 1 is 1.32 bits per heavy atom. The third kappa shape index (κ3) is 3.55. The Morgan fingerprint density at radius 3 is 2.73 bits per heavy atom. The molecule has 1 atom stereocenters. The smallest absolute Gasteiger partial charge is 0.354 e. The van der Waals surface area contributed by atoms with Crippen molar-refractivity contribution in [3.63, 3.8) is 0 Å². The molecule has 122 valence electrons. The zero-order chi connectivity index (χ0) is 15.6. The summed E-state index contributed by atoms with van der Waals surface area (Å²) in [7, 11) is 0. The van der Waals surface area contributed by atoms with E-state index in [2.05, 4.69) is 15.6 Å². The van der Waals surface area contributed by atoms with Gasteiger partial charge in [-0.2, -0.15) is 13.2 Å². The largest absolute Gasteiger partial charge is 0.432 e. The lowest BCUT2D eigenvalue weighted by Gasteiger charge is -2.28. The molecule has 0 saturated carbocycles. The summed E-state index contributed by atoms with van der Waals surface area (Å²) in [6.45, 7) is 2.62. The van der Waals surface area contributed by atoms with Crippen molar-refractivity contribution in [1.82, 2.24) is 20.5 Å². The maximum absolute atomic E-state index is 13.0. The number of thiazole rings is 1. The molecule has 3 heterocycles. The van der Waals surface area contributed by atoms with Gasteiger partial charge in [-0.1, -0.05) is 0 Å². The van der Waals surface area contributed by atoms with Gasteiger partial charge < -0.3 is 15.5 Å². The molecule has 22 heavy (non-hydrogen) atoms. The summed E-state index contributed by atoms with van der Waals surface area (Å²) in [6, 6.07) is 0. The van der Waals surface area contributed by atoms with Crippen LogP contribution in [0.1, 0.15) is 30.4 Å². The molecular weight excluding hydrogens is 313 g/mol. The molecule has 0 bridgehead atoms. The molecule has 1 aromatic heterocycles. The van der Waals surface area contributed by atoms with Gasteiger partial charge in [-0.15, -0.1) is 11.3 Å². The normalized spacial score (nSPS) is 23.5. The predicted molar refractivity (Wildman–Crippen MR) is 79.0 cm³/mol. The number of alkyl halides is 3. The van der Waals surface area contributed by atoms with E-state index in [0.717, 1.165) is 32.4 Å². The van der Waals surface area contributed by atoms with Crippen LogP contribution in [0.4, 0.5) is 13.2 Å². The number of aromatic nitrogens is 1. The SMILES string of the molecule is FC(F)(F)C1=CN(CCC2CCNCC2)C(c2nccs2)N1. The third-order valence-electron chi connectivity index (χ3n) is 4.16. The molecule has 3 rings (SSSR count). The van der Waals surface area contributed by atoms with Gasteiger partial charge >= 0.3 is 6.18 Å². The molecule has 1 unspecified atom stereocenters. The number of allylic oxidation sites excluding steroid dienone is 1. The van der Waals surface area contributed by atoms with Gasteiger partial charge in [0.2, 0.25) is 0 Å². The van der Waals surface area contributed by atoms with Crippen molar-refractivity contribution in [2.75, 3.05) is 19.6 Å². The highest BCUT2D eigenvalue weighted by molar-refractivity contribution is 7.09. The van der Waals surface area contributed by atoms with Crippen LogP contribution in [0, 0.1) is 5.92 Å². The predicted octanol–water partition coefficient (Wildman–Crippen LogP) is 2.84. The molecule has 0 aliphatic carbocycles. The van der Waals surface area contributed by atoms with Gasteiger partial charge in [0.1, 0.15) is 10.7 Å². The Morgan fingerprint density at radius 2 is 2.09 bits per heavy atom. The number of halogens is 3. The van der Waals surface area contributed by atoms with Crippen LogP contribution >= 0.6 is 11.3 Å². The van der Waals surface area contributed by atoms with Crippen molar-refractivity contribution in [1.29, 1.82) is 0 Å². The maximum Gasteiger partial charge on any atom is 0.432 e. The van der Waals surface area contributed by atoms with Gasteiger partial charge in [0, 0.05) is 24.3 Å². The highest BCUT2D eigenvalue weighted by Crippen LogP contribution is 2.35. The van der Waals surface area contributed by atoms with Crippen LogP contribution in [0.3, 0.4) is 0 Å². The van der Waals surface area contributed by atoms with Crippen molar-refractivity contribution < 1.29 is 13.2 Å². The fourth-order valence-corrected chi connectivity index (χ4v) is 3.64. The van der Waals surface area contributed by atoms with Crippen LogP contribution in [0.2, 0.25) is 0 Å². The molecule has 4 nitrogen and oxygen atoms in total. The summed E-state index contributed by atoms with van der Waals surface area (Å²) < 4.78 is 38.9. The first-order chi connectivity index (χ1) is 10.5. The molecule has 1 aromatic rings. The summed E-state index contributed by atoms with van der Waals surface area (Å²) in [5.41, 5.74) is -0.682. The van der Waals surface area contributed by atoms with E-state index in [1.807, 2.05) is 0 Å². The monoisotopic (exact) mass is 332 g/mol. The molecule has 0 radical (unpaired) electrons. The van der Waals surface area contributed by atoms with E-state index in [1.54, 1.807) is 16.5 Å². The number of nitrogens with zero attached hydrogens (tertiary/aromatic N) is 2. The second kappa shape index (κ2) is 6.45. The van der Waals surface area contributed by atoms with Crippen molar-refractivity contribution in [3.05, 3.63) is 28.5 Å². The molecule has 0 spiro atoms. The molecule has 8 heteroatoms. The van der Waals surface area contributed by atoms with Crippen LogP contribution in [0.25, 0.3) is 0 Å². The van der Waals surface area contributed by atoms with Gasteiger partial charge in [-0.3, -0.25) is 0 Å². The molecule has 1 fully saturated rings. The minimum atomic E-state index is -4.35. The van der Waals surface area contributed by atoms with Gasteiger partial charge in [-0.05, 0) is 38.3 Å². The van der Waals surface area contributed by atoms with E-state index < -0.39 is 18.0 Å². The fourth-order valence-electron chi connectivity index (χ4n) is 2.93. The Kier molecular flexibility index (Phi) is 4.58. The van der Waals surface area contributed by atoms with Crippen LogP contribution in [-0.2, 0) is 0 Å². The van der Waals surface area contributed by atoms with E-state index >= 15 is 0 Å². The second-order valence-corrected chi connectivity index (χ2v) is 6.60. The lowest BCUT2D eigenvalue weighted by Crippen LogP contribution is -2.33. The minimum Gasteiger partial charge on any atom is -0.354 e. The van der Waals surface area contributed by atoms with Crippen molar-refractivity contribution in [3.8, 4) is 0 Å². The zero-order valence-corrected chi connectivity index (χ0v) is 12.9. The fraction of sp³-hybridized carbons (Fsp3) is 0.643. The van der Waals surface area contributed by atoms with Crippen LogP contribution < -0.4 is 10.6 Å². The van der Waals surface area contributed by atoms with Crippen molar-refractivity contribution in [2.45, 2.75) is 31.6 Å². The van der Waals surface area contributed by atoms with Crippen LogP contribution in [0.15, 0.2) is 23.5 Å². The van der Waals surface area contributed by atoms with Crippen molar-refractivity contribution in [2.24, 2.45) is 5.92 Å². The minimum absolute atomic E-state index is 0.502. The summed E-state index contributed by atoms with van der Waals surface area (Å²) in [5.74, 6) is 0.585. The third-order valence-corrected chi connectivity index (χ3v) is 4.99. The summed E-state index contributed by atoms with van der Waals surface area (Å²) in [5, 5.41) is 8.33. The Hall–Kier alpha value is -1.28. The molecule has 2 aliphatic heterocycles. The van der Waals surface area contributed by atoms with Crippen molar-refractivity contribution >= 4 is 11.3 Å². The first-order valence-corrected chi connectivity index (χ1v) is 8.33. The number of hydrogen-bond donors (Lipinski definition) is 2. The van der Waals surface area contributed by atoms with Crippen LogP contribution in [0.5, 0.6) is 0 Å². The Labute approximate surface area is 131 Å². The van der Waals surface area contributed by atoms with Crippen LogP contribution in [-0.4, -0.2) is 35.7 Å². The average Bonchev–Trinajstić information content (AvgIpc) is 3.14. The Bertz CT molecular complexity index is 509.